The first-order chi connectivity index (χ1) is 10.7. The Labute approximate surface area is 130 Å². The van der Waals surface area contributed by atoms with Crippen molar-refractivity contribution in [2.24, 2.45) is 0 Å². The molecule has 2 amide bonds. The summed E-state index contributed by atoms with van der Waals surface area (Å²) in [6.07, 6.45) is 8.35. The molecule has 0 bridgehead atoms. The molecule has 2 N–H and O–H groups in total. The maximum atomic E-state index is 11.6. The first-order valence-electron chi connectivity index (χ1n) is 7.39. The van der Waals surface area contributed by atoms with E-state index in [9.17, 15) is 4.79 Å². The molecule has 1 saturated carbocycles. The third-order valence-corrected chi connectivity index (χ3v) is 3.50. The van der Waals surface area contributed by atoms with Crippen molar-refractivity contribution in [3.8, 4) is 11.8 Å². The van der Waals surface area contributed by atoms with Gasteiger partial charge in [-0.25, -0.2) is 4.79 Å². The van der Waals surface area contributed by atoms with Gasteiger partial charge >= 0.3 is 6.03 Å². The smallest absolute Gasteiger partial charge is 0.315 e. The number of urea groups is 1. The van der Waals surface area contributed by atoms with Crippen LogP contribution in [0.3, 0.4) is 0 Å². The van der Waals surface area contributed by atoms with Gasteiger partial charge in [-0.2, -0.15) is 4.98 Å². The van der Waals surface area contributed by atoms with Gasteiger partial charge < -0.3 is 20.1 Å². The molecule has 0 radical (unpaired) electrons. The molecule has 7 nitrogen and oxygen atoms in total. The van der Waals surface area contributed by atoms with Crippen LogP contribution in [0.5, 0.6) is 11.8 Å². The van der Waals surface area contributed by atoms with E-state index < -0.39 is 0 Å². The largest absolute Gasteiger partial charge is 0.480 e. The van der Waals surface area contributed by atoms with Gasteiger partial charge in [-0.15, -0.1) is 6.58 Å². The second-order valence-corrected chi connectivity index (χ2v) is 5.13. The zero-order valence-electron chi connectivity index (χ0n) is 12.7. The number of nitrogens with zero attached hydrogens (tertiary/aromatic N) is 2. The van der Waals surface area contributed by atoms with E-state index in [1.165, 1.54) is 6.20 Å². The van der Waals surface area contributed by atoms with Crippen LogP contribution in [0.2, 0.25) is 0 Å². The zero-order valence-corrected chi connectivity index (χ0v) is 12.7. The Bertz CT molecular complexity index is 501. The standard InChI is InChI=1S/C15H22N4O3/c1-3-8-17-15(20)18-11-4-6-12(7-5-11)22-14-10-16-9-13(19-14)21-2/h3,9-12H,1,4-8H2,2H3,(H2,17,18,20). The molecule has 1 aliphatic carbocycles. The fraction of sp³-hybridized carbons (Fsp3) is 0.533. The van der Waals surface area contributed by atoms with Gasteiger partial charge in [0.15, 0.2) is 0 Å². The highest BCUT2D eigenvalue weighted by Gasteiger charge is 2.24. The van der Waals surface area contributed by atoms with E-state index in [-0.39, 0.29) is 18.2 Å². The molecule has 120 valence electrons. The molecule has 1 fully saturated rings. The first kappa shape index (κ1) is 16.1. The predicted molar refractivity (Wildman–Crippen MR) is 82.0 cm³/mol. The Morgan fingerprint density at radius 3 is 2.77 bits per heavy atom. The third-order valence-electron chi connectivity index (χ3n) is 3.50. The van der Waals surface area contributed by atoms with Gasteiger partial charge in [0.2, 0.25) is 11.8 Å². The minimum absolute atomic E-state index is 0.0932. The lowest BCUT2D eigenvalue weighted by atomic mass is 9.93. The van der Waals surface area contributed by atoms with Crippen LogP contribution in [0, 0.1) is 0 Å². The summed E-state index contributed by atoms with van der Waals surface area (Å²) in [6.45, 7) is 4.03. The molecule has 0 atom stereocenters. The highest BCUT2D eigenvalue weighted by Crippen LogP contribution is 2.23. The molecule has 1 aliphatic rings. The molecule has 22 heavy (non-hydrogen) atoms. The van der Waals surface area contributed by atoms with Gasteiger partial charge in [0, 0.05) is 12.6 Å². The molecule has 1 aromatic heterocycles. The summed E-state index contributed by atoms with van der Waals surface area (Å²) in [5.41, 5.74) is 0. The number of carbonyl (C=O) groups excluding carboxylic acids is 1. The summed E-state index contributed by atoms with van der Waals surface area (Å²) in [4.78, 5) is 19.8. The molecule has 0 unspecified atom stereocenters. The number of aromatic nitrogens is 2. The summed E-state index contributed by atoms with van der Waals surface area (Å²) in [5.74, 6) is 0.909. The Kier molecular flexibility index (Phi) is 6.00. The highest BCUT2D eigenvalue weighted by molar-refractivity contribution is 5.74. The highest BCUT2D eigenvalue weighted by atomic mass is 16.5. The first-order valence-corrected chi connectivity index (χ1v) is 7.39. The molecule has 0 aromatic carbocycles. The molecule has 1 heterocycles. The molecular weight excluding hydrogens is 284 g/mol. The molecule has 2 rings (SSSR count). The lowest BCUT2D eigenvalue weighted by molar-refractivity contribution is 0.133. The lowest BCUT2D eigenvalue weighted by Crippen LogP contribution is -2.44. The fourth-order valence-electron chi connectivity index (χ4n) is 2.38. The average Bonchev–Trinajstić information content (AvgIpc) is 2.55. The van der Waals surface area contributed by atoms with Crippen molar-refractivity contribution in [3.63, 3.8) is 0 Å². The van der Waals surface area contributed by atoms with E-state index in [1.807, 2.05) is 0 Å². The number of rotatable bonds is 6. The van der Waals surface area contributed by atoms with Gasteiger partial charge in [-0.05, 0) is 25.7 Å². The summed E-state index contributed by atoms with van der Waals surface area (Å²) in [5, 5.41) is 5.67. The number of amides is 2. The number of hydrogen-bond donors (Lipinski definition) is 2. The molecule has 0 aliphatic heterocycles. The van der Waals surface area contributed by atoms with E-state index in [4.69, 9.17) is 9.47 Å². The summed E-state index contributed by atoms with van der Waals surface area (Å²) in [7, 11) is 1.54. The number of methoxy groups -OCH3 is 1. The van der Waals surface area contributed by atoms with Crippen molar-refractivity contribution in [2.75, 3.05) is 13.7 Å². The van der Waals surface area contributed by atoms with Crippen LogP contribution in [0.15, 0.2) is 25.0 Å². The van der Waals surface area contributed by atoms with Crippen molar-refractivity contribution in [1.29, 1.82) is 0 Å². The van der Waals surface area contributed by atoms with Crippen molar-refractivity contribution >= 4 is 6.03 Å². The van der Waals surface area contributed by atoms with E-state index in [0.717, 1.165) is 25.7 Å². The van der Waals surface area contributed by atoms with E-state index in [1.54, 1.807) is 19.4 Å². The van der Waals surface area contributed by atoms with Crippen molar-refractivity contribution in [2.45, 2.75) is 37.8 Å². The van der Waals surface area contributed by atoms with Gasteiger partial charge in [0.05, 0.1) is 19.5 Å². The third kappa shape index (κ3) is 4.91. The van der Waals surface area contributed by atoms with Gasteiger partial charge in [-0.1, -0.05) is 6.08 Å². The molecular formula is C15H22N4O3. The van der Waals surface area contributed by atoms with Gasteiger partial charge in [-0.3, -0.25) is 4.98 Å². The second-order valence-electron chi connectivity index (χ2n) is 5.13. The van der Waals surface area contributed by atoms with Crippen LogP contribution < -0.4 is 20.1 Å². The van der Waals surface area contributed by atoms with Crippen molar-refractivity contribution in [3.05, 3.63) is 25.0 Å². The minimum Gasteiger partial charge on any atom is -0.480 e. The van der Waals surface area contributed by atoms with Crippen molar-refractivity contribution < 1.29 is 14.3 Å². The Balaban J connectivity index is 1.74. The number of carbonyl (C=O) groups is 1. The maximum Gasteiger partial charge on any atom is 0.315 e. The number of nitrogens with one attached hydrogen (secondary N) is 2. The Hall–Kier alpha value is -2.31. The van der Waals surface area contributed by atoms with Crippen LogP contribution in [0.25, 0.3) is 0 Å². The summed E-state index contributed by atoms with van der Waals surface area (Å²) < 4.78 is 10.8. The quantitative estimate of drug-likeness (QED) is 0.781. The Morgan fingerprint density at radius 1 is 1.36 bits per heavy atom. The Morgan fingerprint density at radius 2 is 2.09 bits per heavy atom. The zero-order chi connectivity index (χ0) is 15.8. The van der Waals surface area contributed by atoms with E-state index in [0.29, 0.717) is 18.3 Å². The van der Waals surface area contributed by atoms with Crippen LogP contribution in [0.4, 0.5) is 4.79 Å². The normalized spacial score (nSPS) is 20.8. The maximum absolute atomic E-state index is 11.6. The van der Waals surface area contributed by atoms with Crippen LogP contribution in [-0.4, -0.2) is 41.8 Å². The average molecular weight is 306 g/mol. The minimum atomic E-state index is -0.150. The monoisotopic (exact) mass is 306 g/mol. The van der Waals surface area contributed by atoms with Crippen LogP contribution in [0.1, 0.15) is 25.7 Å². The van der Waals surface area contributed by atoms with Crippen LogP contribution >= 0.6 is 0 Å². The van der Waals surface area contributed by atoms with E-state index >= 15 is 0 Å². The molecule has 0 saturated heterocycles. The SMILES string of the molecule is C=CCNC(=O)NC1CCC(Oc2cncc(OC)n2)CC1. The van der Waals surface area contributed by atoms with Crippen LogP contribution in [-0.2, 0) is 0 Å². The molecule has 1 aromatic rings. The molecule has 7 heteroatoms. The number of hydrogen-bond acceptors (Lipinski definition) is 5. The fourth-order valence-corrected chi connectivity index (χ4v) is 2.38. The second kappa shape index (κ2) is 8.21. The van der Waals surface area contributed by atoms with E-state index in [2.05, 4.69) is 27.2 Å². The van der Waals surface area contributed by atoms with Gasteiger partial charge in [0.25, 0.3) is 0 Å². The topological polar surface area (TPSA) is 85.4 Å². The predicted octanol–water partition coefficient (Wildman–Crippen LogP) is 1.66. The summed E-state index contributed by atoms with van der Waals surface area (Å²) >= 11 is 0. The number of ether oxygens (including phenoxy) is 2. The van der Waals surface area contributed by atoms with Crippen molar-refractivity contribution in [1.82, 2.24) is 20.6 Å². The lowest BCUT2D eigenvalue weighted by Gasteiger charge is -2.29. The van der Waals surface area contributed by atoms with Gasteiger partial charge in [0.1, 0.15) is 6.10 Å². The molecule has 0 spiro atoms. The summed E-state index contributed by atoms with van der Waals surface area (Å²) in [6, 6.07) is 0.0315.